The molecule has 1 aromatic heterocycles. The van der Waals surface area contributed by atoms with Gasteiger partial charge in [-0.15, -0.1) is 0 Å². The van der Waals surface area contributed by atoms with Crippen LogP contribution in [0.2, 0.25) is 5.02 Å². The van der Waals surface area contributed by atoms with Crippen LogP contribution in [0.25, 0.3) is 0 Å². The van der Waals surface area contributed by atoms with Gasteiger partial charge in [0.1, 0.15) is 5.75 Å². The van der Waals surface area contributed by atoms with E-state index < -0.39 is 0 Å². The van der Waals surface area contributed by atoms with E-state index in [1.165, 1.54) is 12.4 Å². The number of halogens is 1. The number of amides is 1. The standard InChI is InChI=1S/C20H19ClN4O2/c1-27-18-8-6-17(7-9-18)25-20-23-12-15(13-24-20)19(26)22-11-10-14-2-4-16(21)5-3-14/h2-9,12-13H,10-11H2,1H3,(H,22,26)(H,23,24,25). The number of carbonyl (C=O) groups excluding carboxylic acids is 1. The molecule has 1 amide bonds. The number of carbonyl (C=O) groups is 1. The van der Waals surface area contributed by atoms with Gasteiger partial charge in [-0.25, -0.2) is 9.97 Å². The van der Waals surface area contributed by atoms with Crippen LogP contribution in [0.3, 0.4) is 0 Å². The molecule has 138 valence electrons. The molecule has 2 N–H and O–H groups in total. The molecule has 7 heteroatoms. The summed E-state index contributed by atoms with van der Waals surface area (Å²) in [4.78, 5) is 20.6. The minimum Gasteiger partial charge on any atom is -0.497 e. The van der Waals surface area contributed by atoms with Crippen LogP contribution >= 0.6 is 11.6 Å². The highest BCUT2D eigenvalue weighted by Crippen LogP contribution is 2.17. The Balaban J connectivity index is 1.51. The molecule has 0 aliphatic heterocycles. The van der Waals surface area contributed by atoms with Crippen LogP contribution in [0.1, 0.15) is 15.9 Å². The van der Waals surface area contributed by atoms with Crippen molar-refractivity contribution in [1.29, 1.82) is 0 Å². The summed E-state index contributed by atoms with van der Waals surface area (Å²) in [5.74, 6) is 0.977. The van der Waals surface area contributed by atoms with Gasteiger partial charge in [0.25, 0.3) is 5.91 Å². The van der Waals surface area contributed by atoms with Crippen molar-refractivity contribution < 1.29 is 9.53 Å². The molecule has 1 heterocycles. The SMILES string of the molecule is COc1ccc(Nc2ncc(C(=O)NCCc3ccc(Cl)cc3)cn2)cc1. The molecule has 0 unspecified atom stereocenters. The molecule has 0 saturated heterocycles. The highest BCUT2D eigenvalue weighted by molar-refractivity contribution is 6.30. The average Bonchev–Trinajstić information content (AvgIpc) is 2.70. The monoisotopic (exact) mass is 382 g/mol. The van der Waals surface area contributed by atoms with E-state index in [2.05, 4.69) is 20.6 Å². The third kappa shape index (κ3) is 5.43. The highest BCUT2D eigenvalue weighted by atomic mass is 35.5. The summed E-state index contributed by atoms with van der Waals surface area (Å²) < 4.78 is 5.12. The lowest BCUT2D eigenvalue weighted by atomic mass is 10.1. The number of benzene rings is 2. The molecule has 0 spiro atoms. The molecule has 3 rings (SSSR count). The number of anilines is 2. The number of aromatic nitrogens is 2. The second-order valence-corrected chi connectivity index (χ2v) is 6.22. The molecule has 27 heavy (non-hydrogen) atoms. The van der Waals surface area contributed by atoms with Crippen LogP contribution < -0.4 is 15.4 Å². The molecule has 0 bridgehead atoms. The molecule has 0 aliphatic carbocycles. The summed E-state index contributed by atoms with van der Waals surface area (Å²) >= 11 is 5.86. The molecular weight excluding hydrogens is 364 g/mol. The number of methoxy groups -OCH3 is 1. The molecular formula is C20H19ClN4O2. The second-order valence-electron chi connectivity index (χ2n) is 5.78. The van der Waals surface area contributed by atoms with Crippen molar-refractivity contribution in [2.45, 2.75) is 6.42 Å². The van der Waals surface area contributed by atoms with Crippen LogP contribution in [0.15, 0.2) is 60.9 Å². The summed E-state index contributed by atoms with van der Waals surface area (Å²) in [6, 6.07) is 14.9. The predicted molar refractivity (Wildman–Crippen MR) is 106 cm³/mol. The fraction of sp³-hybridized carbons (Fsp3) is 0.150. The number of rotatable bonds is 7. The Morgan fingerprint density at radius 1 is 1.04 bits per heavy atom. The second kappa shape index (κ2) is 9.00. The number of nitrogens with one attached hydrogen (secondary N) is 2. The first kappa shape index (κ1) is 18.7. The maximum absolute atomic E-state index is 12.2. The summed E-state index contributed by atoms with van der Waals surface area (Å²) in [5.41, 5.74) is 2.34. The van der Waals surface area contributed by atoms with E-state index in [0.29, 0.717) is 23.1 Å². The van der Waals surface area contributed by atoms with E-state index in [1.54, 1.807) is 7.11 Å². The predicted octanol–water partition coefficient (Wildman–Crippen LogP) is 3.85. The maximum atomic E-state index is 12.2. The quantitative estimate of drug-likeness (QED) is 0.649. The first-order chi connectivity index (χ1) is 13.1. The zero-order valence-electron chi connectivity index (χ0n) is 14.8. The zero-order valence-corrected chi connectivity index (χ0v) is 15.5. The van der Waals surface area contributed by atoms with Crippen LogP contribution in [0.5, 0.6) is 5.75 Å². The van der Waals surface area contributed by atoms with Gasteiger partial charge in [-0.1, -0.05) is 23.7 Å². The van der Waals surface area contributed by atoms with E-state index in [0.717, 1.165) is 23.4 Å². The topological polar surface area (TPSA) is 76.1 Å². The largest absolute Gasteiger partial charge is 0.497 e. The minimum atomic E-state index is -0.208. The van der Waals surface area contributed by atoms with Crippen LogP contribution in [0, 0.1) is 0 Å². The van der Waals surface area contributed by atoms with Gasteiger partial charge in [0, 0.05) is 29.6 Å². The lowest BCUT2D eigenvalue weighted by molar-refractivity contribution is 0.0953. The van der Waals surface area contributed by atoms with Crippen molar-refractivity contribution in [2.75, 3.05) is 19.0 Å². The first-order valence-electron chi connectivity index (χ1n) is 8.40. The van der Waals surface area contributed by atoms with Crippen LogP contribution in [-0.2, 0) is 6.42 Å². The van der Waals surface area contributed by atoms with E-state index in [9.17, 15) is 4.79 Å². The minimum absolute atomic E-state index is 0.208. The molecule has 6 nitrogen and oxygen atoms in total. The van der Waals surface area contributed by atoms with Gasteiger partial charge in [-0.3, -0.25) is 4.79 Å². The first-order valence-corrected chi connectivity index (χ1v) is 8.77. The summed E-state index contributed by atoms with van der Waals surface area (Å²) in [7, 11) is 1.62. The molecule has 0 fully saturated rings. The van der Waals surface area contributed by atoms with Crippen molar-refractivity contribution >= 4 is 29.1 Å². The third-order valence-corrected chi connectivity index (χ3v) is 4.12. The average molecular weight is 383 g/mol. The fourth-order valence-corrected chi connectivity index (χ4v) is 2.51. The molecule has 3 aromatic rings. The Kier molecular flexibility index (Phi) is 6.22. The number of nitrogens with zero attached hydrogens (tertiary/aromatic N) is 2. The van der Waals surface area contributed by atoms with E-state index in [4.69, 9.17) is 16.3 Å². The van der Waals surface area contributed by atoms with Crippen LogP contribution in [0.4, 0.5) is 11.6 Å². The van der Waals surface area contributed by atoms with Crippen molar-refractivity contribution in [3.8, 4) is 5.75 Å². The lowest BCUT2D eigenvalue weighted by Crippen LogP contribution is -2.26. The Morgan fingerprint density at radius 3 is 2.33 bits per heavy atom. The van der Waals surface area contributed by atoms with Gasteiger partial charge in [0.05, 0.1) is 12.7 Å². The van der Waals surface area contributed by atoms with Gasteiger partial charge in [0.15, 0.2) is 0 Å². The highest BCUT2D eigenvalue weighted by Gasteiger charge is 2.07. The lowest BCUT2D eigenvalue weighted by Gasteiger charge is -2.07. The molecule has 0 atom stereocenters. The number of hydrogen-bond acceptors (Lipinski definition) is 5. The molecule has 0 aliphatic rings. The number of ether oxygens (including phenoxy) is 1. The van der Waals surface area contributed by atoms with Gasteiger partial charge in [-0.2, -0.15) is 0 Å². The Hall–Kier alpha value is -3.12. The van der Waals surface area contributed by atoms with Gasteiger partial charge >= 0.3 is 0 Å². The van der Waals surface area contributed by atoms with Crippen molar-refractivity contribution in [2.24, 2.45) is 0 Å². The zero-order chi connectivity index (χ0) is 19.1. The van der Waals surface area contributed by atoms with Crippen molar-refractivity contribution in [3.05, 3.63) is 77.1 Å². The maximum Gasteiger partial charge on any atom is 0.254 e. The normalized spacial score (nSPS) is 10.3. The van der Waals surface area contributed by atoms with Crippen molar-refractivity contribution in [3.63, 3.8) is 0 Å². The number of hydrogen-bond donors (Lipinski definition) is 2. The molecule has 2 aromatic carbocycles. The van der Waals surface area contributed by atoms with Gasteiger partial charge in [0.2, 0.25) is 5.95 Å². The van der Waals surface area contributed by atoms with Crippen LogP contribution in [-0.4, -0.2) is 29.5 Å². The fourth-order valence-electron chi connectivity index (χ4n) is 2.39. The molecule has 0 radical (unpaired) electrons. The Labute approximate surface area is 162 Å². The summed E-state index contributed by atoms with van der Waals surface area (Å²) in [6.07, 6.45) is 3.72. The Bertz CT molecular complexity index is 881. The van der Waals surface area contributed by atoms with E-state index in [-0.39, 0.29) is 5.91 Å². The smallest absolute Gasteiger partial charge is 0.254 e. The van der Waals surface area contributed by atoms with Gasteiger partial charge < -0.3 is 15.4 Å². The summed E-state index contributed by atoms with van der Waals surface area (Å²) in [5, 5.41) is 6.63. The molecule has 0 saturated carbocycles. The summed E-state index contributed by atoms with van der Waals surface area (Å²) in [6.45, 7) is 0.520. The van der Waals surface area contributed by atoms with E-state index in [1.807, 2.05) is 48.5 Å². The third-order valence-electron chi connectivity index (χ3n) is 3.87. The van der Waals surface area contributed by atoms with E-state index >= 15 is 0 Å². The Morgan fingerprint density at radius 2 is 1.70 bits per heavy atom. The van der Waals surface area contributed by atoms with Gasteiger partial charge in [-0.05, 0) is 48.4 Å². The van der Waals surface area contributed by atoms with Crippen molar-refractivity contribution in [1.82, 2.24) is 15.3 Å².